The summed E-state index contributed by atoms with van der Waals surface area (Å²) >= 11 is 0. The first kappa shape index (κ1) is 26.3. The number of benzene rings is 3. The summed E-state index contributed by atoms with van der Waals surface area (Å²) in [5.41, 5.74) is 8.28. The second kappa shape index (κ2) is 11.2. The zero-order valence-corrected chi connectivity index (χ0v) is 24.2. The van der Waals surface area contributed by atoms with Gasteiger partial charge in [0.05, 0.1) is 22.4 Å². The molecule has 0 unspecified atom stereocenters. The van der Waals surface area contributed by atoms with Crippen LogP contribution in [0.4, 0.5) is 0 Å². The summed E-state index contributed by atoms with van der Waals surface area (Å²) in [5.74, 6) is 1.73. The van der Waals surface area contributed by atoms with Crippen LogP contribution in [-0.4, -0.2) is 14.5 Å². The second-order valence-electron chi connectivity index (χ2n) is 10.4. The van der Waals surface area contributed by atoms with Crippen LogP contribution in [0.3, 0.4) is 0 Å². The van der Waals surface area contributed by atoms with E-state index in [2.05, 4.69) is 71.9 Å². The van der Waals surface area contributed by atoms with Crippen LogP contribution in [0.2, 0.25) is 0 Å². The summed E-state index contributed by atoms with van der Waals surface area (Å²) in [4.78, 5) is 9.23. The van der Waals surface area contributed by atoms with Crippen LogP contribution >= 0.6 is 0 Å². The van der Waals surface area contributed by atoms with E-state index >= 15 is 0 Å². The van der Waals surface area contributed by atoms with Crippen LogP contribution in [0.15, 0.2) is 91.1 Å². The predicted molar refractivity (Wildman–Crippen MR) is 152 cm³/mol. The van der Waals surface area contributed by atoms with Crippen LogP contribution < -0.4 is 0 Å². The van der Waals surface area contributed by atoms with Crippen LogP contribution in [-0.2, 0) is 25.6 Å². The number of rotatable bonds is 3. The van der Waals surface area contributed by atoms with Gasteiger partial charge in [0.25, 0.3) is 0 Å². The molecule has 1 aliphatic carbocycles. The van der Waals surface area contributed by atoms with E-state index in [9.17, 15) is 0 Å². The molecule has 2 aromatic heterocycles. The van der Waals surface area contributed by atoms with E-state index in [4.69, 9.17) is 4.98 Å². The molecule has 0 bridgehead atoms. The van der Waals surface area contributed by atoms with Crippen molar-refractivity contribution in [2.45, 2.75) is 51.0 Å². The molecule has 3 aromatic carbocycles. The van der Waals surface area contributed by atoms with Gasteiger partial charge in [-0.15, -0.1) is 71.8 Å². The number of hydrogen-bond donors (Lipinski definition) is 0. The molecule has 0 spiro atoms. The maximum atomic E-state index is 5.01. The third-order valence-corrected chi connectivity index (χ3v) is 7.52. The van der Waals surface area contributed by atoms with E-state index in [1.54, 1.807) is 6.20 Å². The zero-order chi connectivity index (χ0) is 25.2. The molecule has 5 aromatic rings. The SMILES string of the molecule is CC1(C)C=Cc2c(C3CCCC3)ccc3nc(-c4[c-]cccc4)n1c23.[Ir].[c-]1ccccc1-c1ccccn1. The number of allylic oxidation sites excluding steroid dienone is 1. The van der Waals surface area contributed by atoms with Gasteiger partial charge < -0.3 is 9.55 Å². The Morgan fingerprint density at radius 1 is 0.842 bits per heavy atom. The van der Waals surface area contributed by atoms with Crippen molar-refractivity contribution in [1.29, 1.82) is 0 Å². The minimum absolute atomic E-state index is 0. The molecule has 4 heteroatoms. The Bertz CT molecular complexity index is 1490. The molecule has 0 amide bonds. The first-order valence-electron chi connectivity index (χ1n) is 13.2. The van der Waals surface area contributed by atoms with Gasteiger partial charge in [0.15, 0.2) is 0 Å². The van der Waals surface area contributed by atoms with E-state index in [0.29, 0.717) is 5.92 Å². The first-order chi connectivity index (χ1) is 18.1. The van der Waals surface area contributed by atoms with Crippen LogP contribution in [0.25, 0.3) is 39.8 Å². The average Bonchev–Trinajstić information content (AvgIpc) is 3.62. The van der Waals surface area contributed by atoms with Crippen LogP contribution in [0.5, 0.6) is 0 Å². The monoisotopic (exact) mass is 674 g/mol. The van der Waals surface area contributed by atoms with Crippen LogP contribution in [0.1, 0.15) is 56.6 Å². The van der Waals surface area contributed by atoms with E-state index in [-0.39, 0.29) is 25.6 Å². The summed E-state index contributed by atoms with van der Waals surface area (Å²) in [5, 5.41) is 0. The van der Waals surface area contributed by atoms with Gasteiger partial charge in [0, 0.05) is 31.9 Å². The average molecular weight is 674 g/mol. The van der Waals surface area contributed by atoms with Gasteiger partial charge >= 0.3 is 0 Å². The summed E-state index contributed by atoms with van der Waals surface area (Å²) in [6.07, 6.45) is 11.8. The van der Waals surface area contributed by atoms with Gasteiger partial charge in [-0.05, 0) is 56.0 Å². The Hall–Kier alpha value is -3.33. The zero-order valence-electron chi connectivity index (χ0n) is 21.8. The number of pyridine rings is 1. The second-order valence-corrected chi connectivity index (χ2v) is 10.4. The van der Waals surface area contributed by atoms with E-state index in [0.717, 1.165) is 28.2 Å². The van der Waals surface area contributed by atoms with Crippen molar-refractivity contribution in [3.8, 4) is 22.6 Å². The van der Waals surface area contributed by atoms with Crippen molar-refractivity contribution in [3.63, 3.8) is 0 Å². The summed E-state index contributed by atoms with van der Waals surface area (Å²) < 4.78 is 2.42. The minimum Gasteiger partial charge on any atom is -0.355 e. The summed E-state index contributed by atoms with van der Waals surface area (Å²) in [6, 6.07) is 32.9. The molecule has 2 aliphatic rings. The first-order valence-corrected chi connectivity index (χ1v) is 13.2. The number of hydrogen-bond acceptors (Lipinski definition) is 2. The molecular formula is C34H31IrN3-2. The van der Waals surface area contributed by atoms with Crippen molar-refractivity contribution in [2.75, 3.05) is 0 Å². The molecule has 1 aliphatic heterocycles. The van der Waals surface area contributed by atoms with Crippen molar-refractivity contribution < 1.29 is 20.1 Å². The molecule has 0 atom stereocenters. The Morgan fingerprint density at radius 3 is 2.21 bits per heavy atom. The van der Waals surface area contributed by atoms with Crippen LogP contribution in [0, 0.1) is 12.1 Å². The fourth-order valence-electron chi connectivity index (χ4n) is 5.69. The Balaban J connectivity index is 0.000000191. The van der Waals surface area contributed by atoms with Gasteiger partial charge in [-0.2, -0.15) is 0 Å². The third kappa shape index (κ3) is 5.04. The molecule has 1 radical (unpaired) electrons. The van der Waals surface area contributed by atoms with E-state index < -0.39 is 0 Å². The largest absolute Gasteiger partial charge is 0.355 e. The molecule has 1 saturated carbocycles. The van der Waals surface area contributed by atoms with Crippen molar-refractivity contribution in [1.82, 2.24) is 14.5 Å². The summed E-state index contributed by atoms with van der Waals surface area (Å²) in [6.45, 7) is 4.53. The normalized spacial score (nSPS) is 15.5. The van der Waals surface area contributed by atoms with Gasteiger partial charge in [0.1, 0.15) is 0 Å². The molecule has 3 nitrogen and oxygen atoms in total. The maximum Gasteiger partial charge on any atom is 0.0777 e. The Kier molecular flexibility index (Phi) is 7.74. The predicted octanol–water partition coefficient (Wildman–Crippen LogP) is 8.47. The Labute approximate surface area is 239 Å². The Morgan fingerprint density at radius 2 is 1.55 bits per heavy atom. The molecule has 1 fully saturated rings. The smallest absolute Gasteiger partial charge is 0.0777 e. The van der Waals surface area contributed by atoms with E-state index in [1.807, 2.05) is 54.6 Å². The number of nitrogens with zero attached hydrogens (tertiary/aromatic N) is 3. The molecular weight excluding hydrogens is 643 g/mol. The molecule has 7 rings (SSSR count). The molecule has 193 valence electrons. The minimum atomic E-state index is -0.0882. The van der Waals surface area contributed by atoms with Gasteiger partial charge in [0.2, 0.25) is 0 Å². The molecule has 0 saturated heterocycles. The molecule has 3 heterocycles. The number of imidazole rings is 1. The fourth-order valence-corrected chi connectivity index (χ4v) is 5.69. The quantitative estimate of drug-likeness (QED) is 0.180. The topological polar surface area (TPSA) is 30.7 Å². The molecule has 0 N–H and O–H groups in total. The van der Waals surface area contributed by atoms with Crippen molar-refractivity contribution >= 4 is 17.1 Å². The van der Waals surface area contributed by atoms with E-state index in [1.165, 1.54) is 42.3 Å². The van der Waals surface area contributed by atoms with Crippen molar-refractivity contribution in [2.24, 2.45) is 0 Å². The maximum absolute atomic E-state index is 5.01. The third-order valence-electron chi connectivity index (χ3n) is 7.52. The summed E-state index contributed by atoms with van der Waals surface area (Å²) in [7, 11) is 0. The van der Waals surface area contributed by atoms with Crippen molar-refractivity contribution in [3.05, 3.63) is 114 Å². The van der Waals surface area contributed by atoms with Gasteiger partial charge in [-0.1, -0.05) is 43.2 Å². The van der Waals surface area contributed by atoms with Gasteiger partial charge in [-0.3, -0.25) is 4.98 Å². The molecule has 38 heavy (non-hydrogen) atoms. The number of aromatic nitrogens is 3. The fraction of sp³-hybridized carbons (Fsp3) is 0.235. The van der Waals surface area contributed by atoms with Gasteiger partial charge in [-0.25, -0.2) is 0 Å². The standard InChI is InChI=1S/C23H23N2.C11H8N.Ir/c1-23(2)15-14-19-18(16-8-6-7-9-16)12-13-20-21(19)25(23)22(24-20)17-10-4-3-5-11-17;1-2-6-10(7-3-1)11-8-4-5-9-12-11;/h3-5,10,12-16H,6-9H2,1-2H3;1-6,8-9H;/q2*-1;.